The van der Waals surface area contributed by atoms with Crippen molar-refractivity contribution in [1.29, 1.82) is 0 Å². The molecule has 1 aliphatic heterocycles. The first kappa shape index (κ1) is 15.8. The van der Waals surface area contributed by atoms with Crippen molar-refractivity contribution in [3.63, 3.8) is 0 Å². The Morgan fingerprint density at radius 3 is 2.57 bits per heavy atom. The summed E-state index contributed by atoms with van der Waals surface area (Å²) in [5.41, 5.74) is 1.30. The van der Waals surface area contributed by atoms with E-state index in [2.05, 4.69) is 5.32 Å². The first-order valence-corrected chi connectivity index (χ1v) is 7.91. The summed E-state index contributed by atoms with van der Waals surface area (Å²) in [6, 6.07) is 14.2. The maximum absolute atomic E-state index is 12.4. The highest BCUT2D eigenvalue weighted by atomic mass is 35.5. The van der Waals surface area contributed by atoms with Gasteiger partial charge in [0, 0.05) is 23.7 Å². The monoisotopic (exact) mass is 348 g/mol. The summed E-state index contributed by atoms with van der Waals surface area (Å²) in [5, 5.41) is 3.63. The minimum Gasteiger partial charge on any atom is -0.324 e. The fourth-order valence-electron chi connectivity index (χ4n) is 2.57. The molecule has 1 heterocycles. The van der Waals surface area contributed by atoms with E-state index >= 15 is 0 Å². The third-order valence-corrected chi connectivity index (χ3v) is 4.30. The molecule has 0 aliphatic carbocycles. The van der Waals surface area contributed by atoms with Crippen LogP contribution in [0.25, 0.3) is 0 Å². The van der Waals surface area contributed by atoms with Crippen LogP contribution < -0.4 is 10.2 Å². The van der Waals surface area contributed by atoms with E-state index in [1.165, 1.54) is 0 Å². The molecule has 2 aromatic rings. The van der Waals surface area contributed by atoms with Gasteiger partial charge in [0.15, 0.2) is 0 Å². The first-order valence-electron chi connectivity index (χ1n) is 7.16. The number of anilines is 2. The number of hydrogen-bond donors (Lipinski definition) is 1. The second kappa shape index (κ2) is 6.60. The molecule has 1 fully saturated rings. The van der Waals surface area contributed by atoms with Crippen LogP contribution >= 0.6 is 23.2 Å². The number of carbonyl (C=O) groups excluding carboxylic acids is 2. The Morgan fingerprint density at radius 1 is 1.13 bits per heavy atom. The number of hydrogen-bond acceptors (Lipinski definition) is 2. The van der Waals surface area contributed by atoms with Crippen molar-refractivity contribution in [1.82, 2.24) is 0 Å². The van der Waals surface area contributed by atoms with Crippen LogP contribution in [0.3, 0.4) is 0 Å². The van der Waals surface area contributed by atoms with Crippen molar-refractivity contribution in [2.24, 2.45) is 5.92 Å². The van der Waals surface area contributed by atoms with Gasteiger partial charge in [-0.05, 0) is 30.3 Å². The fraction of sp³-hybridized carbons (Fsp3) is 0.176. The van der Waals surface area contributed by atoms with E-state index < -0.39 is 5.92 Å². The van der Waals surface area contributed by atoms with Crippen LogP contribution in [0.1, 0.15) is 6.42 Å². The molecule has 0 radical (unpaired) electrons. The van der Waals surface area contributed by atoms with Crippen molar-refractivity contribution in [3.8, 4) is 0 Å². The van der Waals surface area contributed by atoms with E-state index in [0.29, 0.717) is 22.3 Å². The molecule has 118 valence electrons. The second-order valence-corrected chi connectivity index (χ2v) is 6.20. The Morgan fingerprint density at radius 2 is 1.87 bits per heavy atom. The van der Waals surface area contributed by atoms with Crippen LogP contribution in [0, 0.1) is 5.92 Å². The van der Waals surface area contributed by atoms with Crippen molar-refractivity contribution in [3.05, 3.63) is 58.6 Å². The van der Waals surface area contributed by atoms with Gasteiger partial charge < -0.3 is 10.2 Å². The molecule has 1 aliphatic rings. The summed E-state index contributed by atoms with van der Waals surface area (Å²) < 4.78 is 0. The largest absolute Gasteiger partial charge is 0.324 e. The maximum Gasteiger partial charge on any atom is 0.229 e. The predicted molar refractivity (Wildman–Crippen MR) is 92.0 cm³/mol. The van der Waals surface area contributed by atoms with Crippen LogP contribution in [0.4, 0.5) is 11.4 Å². The number of nitrogens with zero attached hydrogens (tertiary/aromatic N) is 1. The highest BCUT2D eigenvalue weighted by molar-refractivity contribution is 6.36. The lowest BCUT2D eigenvalue weighted by Crippen LogP contribution is -2.28. The van der Waals surface area contributed by atoms with Gasteiger partial charge in [-0.3, -0.25) is 9.59 Å². The van der Waals surface area contributed by atoms with Gasteiger partial charge in [0.2, 0.25) is 11.8 Å². The lowest BCUT2D eigenvalue weighted by atomic mass is 10.1. The Labute approximate surface area is 144 Å². The molecule has 6 heteroatoms. The molecule has 4 nitrogen and oxygen atoms in total. The smallest absolute Gasteiger partial charge is 0.229 e. The normalized spacial score (nSPS) is 17.4. The van der Waals surface area contributed by atoms with Crippen LogP contribution in [0.2, 0.25) is 10.0 Å². The summed E-state index contributed by atoms with van der Waals surface area (Å²) >= 11 is 11.9. The van der Waals surface area contributed by atoms with Crippen LogP contribution in [-0.4, -0.2) is 18.4 Å². The molecule has 2 amide bonds. The number of benzene rings is 2. The van der Waals surface area contributed by atoms with E-state index in [-0.39, 0.29) is 18.2 Å². The third kappa shape index (κ3) is 3.49. The molecule has 1 unspecified atom stereocenters. The standard InChI is InChI=1S/C17H14Cl2N2O2/c18-12-6-7-15(14(19)9-12)20-17(23)11-8-16(22)21(10-11)13-4-2-1-3-5-13/h1-7,9,11H,8,10H2,(H,20,23). The molecule has 0 saturated carbocycles. The topological polar surface area (TPSA) is 49.4 Å². The van der Waals surface area contributed by atoms with Crippen LogP contribution in [0.5, 0.6) is 0 Å². The molecule has 0 spiro atoms. The van der Waals surface area contributed by atoms with Gasteiger partial charge in [-0.2, -0.15) is 0 Å². The fourth-order valence-corrected chi connectivity index (χ4v) is 3.02. The lowest BCUT2D eigenvalue weighted by Gasteiger charge is -2.16. The zero-order valence-electron chi connectivity index (χ0n) is 12.1. The molecule has 0 aromatic heterocycles. The molecule has 0 bridgehead atoms. The zero-order chi connectivity index (χ0) is 16.4. The van der Waals surface area contributed by atoms with E-state index in [1.807, 2.05) is 30.3 Å². The molecular weight excluding hydrogens is 335 g/mol. The Balaban J connectivity index is 1.71. The molecule has 1 N–H and O–H groups in total. The minimum atomic E-state index is -0.408. The summed E-state index contributed by atoms with van der Waals surface area (Å²) in [7, 11) is 0. The van der Waals surface area contributed by atoms with E-state index in [9.17, 15) is 9.59 Å². The number of carbonyl (C=O) groups is 2. The Kier molecular flexibility index (Phi) is 4.55. The molecule has 2 aromatic carbocycles. The highest BCUT2D eigenvalue weighted by Crippen LogP contribution is 2.28. The van der Waals surface area contributed by atoms with Crippen molar-refractivity contribution < 1.29 is 9.59 Å². The van der Waals surface area contributed by atoms with Gasteiger partial charge in [-0.1, -0.05) is 41.4 Å². The van der Waals surface area contributed by atoms with Gasteiger partial charge in [0.25, 0.3) is 0 Å². The van der Waals surface area contributed by atoms with Crippen LogP contribution in [-0.2, 0) is 9.59 Å². The van der Waals surface area contributed by atoms with Crippen LogP contribution in [0.15, 0.2) is 48.5 Å². The Hall–Kier alpha value is -2.04. The van der Waals surface area contributed by atoms with Crippen molar-refractivity contribution >= 4 is 46.4 Å². The van der Waals surface area contributed by atoms with Gasteiger partial charge in [-0.15, -0.1) is 0 Å². The van der Waals surface area contributed by atoms with Crippen molar-refractivity contribution in [2.45, 2.75) is 6.42 Å². The van der Waals surface area contributed by atoms with Gasteiger partial charge in [0.05, 0.1) is 16.6 Å². The summed E-state index contributed by atoms with van der Waals surface area (Å²) in [4.78, 5) is 26.2. The summed E-state index contributed by atoms with van der Waals surface area (Å²) in [6.07, 6.45) is 0.186. The number of nitrogens with one attached hydrogen (secondary N) is 1. The SMILES string of the molecule is O=C(Nc1ccc(Cl)cc1Cl)C1CC(=O)N(c2ccccc2)C1. The number of rotatable bonds is 3. The van der Waals surface area contributed by atoms with Crippen molar-refractivity contribution in [2.75, 3.05) is 16.8 Å². The van der Waals surface area contributed by atoms with Gasteiger partial charge in [-0.25, -0.2) is 0 Å². The van der Waals surface area contributed by atoms with E-state index in [0.717, 1.165) is 5.69 Å². The van der Waals surface area contributed by atoms with E-state index in [1.54, 1.807) is 23.1 Å². The molecule has 3 rings (SSSR count). The summed E-state index contributed by atoms with van der Waals surface area (Å²) in [6.45, 7) is 0.361. The number of amides is 2. The lowest BCUT2D eigenvalue weighted by molar-refractivity contribution is -0.122. The maximum atomic E-state index is 12.4. The van der Waals surface area contributed by atoms with Gasteiger partial charge >= 0.3 is 0 Å². The highest BCUT2D eigenvalue weighted by Gasteiger charge is 2.35. The number of para-hydroxylation sites is 1. The molecule has 1 atom stereocenters. The molecule has 1 saturated heterocycles. The minimum absolute atomic E-state index is 0.0569. The van der Waals surface area contributed by atoms with E-state index in [4.69, 9.17) is 23.2 Å². The summed E-state index contributed by atoms with van der Waals surface area (Å²) in [5.74, 6) is -0.686. The van der Waals surface area contributed by atoms with Gasteiger partial charge in [0.1, 0.15) is 0 Å². The molecule has 23 heavy (non-hydrogen) atoms. The first-order chi connectivity index (χ1) is 11.0. The predicted octanol–water partition coefficient (Wildman–Crippen LogP) is 3.99. The second-order valence-electron chi connectivity index (χ2n) is 5.35. The zero-order valence-corrected chi connectivity index (χ0v) is 13.6. The molecular formula is C17H14Cl2N2O2. The average Bonchev–Trinajstić information content (AvgIpc) is 2.93. The third-order valence-electron chi connectivity index (χ3n) is 3.75. The average molecular weight is 349 g/mol. The number of halogens is 2. The quantitative estimate of drug-likeness (QED) is 0.911. The Bertz CT molecular complexity index is 750.